The summed E-state index contributed by atoms with van der Waals surface area (Å²) in [5.41, 5.74) is 6.39. The number of nitrogens with zero attached hydrogens (tertiary/aromatic N) is 3. The van der Waals surface area contributed by atoms with E-state index in [-0.39, 0.29) is 11.8 Å². The quantitative estimate of drug-likeness (QED) is 0.716. The van der Waals surface area contributed by atoms with E-state index < -0.39 is 0 Å². The molecule has 7 heteroatoms. The molecular formula is C20H28N4O3. The van der Waals surface area contributed by atoms with Crippen LogP contribution in [0.5, 0.6) is 5.75 Å². The van der Waals surface area contributed by atoms with Gasteiger partial charge in [-0.2, -0.15) is 4.98 Å². The highest BCUT2D eigenvalue weighted by Gasteiger charge is 2.28. The van der Waals surface area contributed by atoms with Crippen LogP contribution in [-0.4, -0.2) is 47.7 Å². The van der Waals surface area contributed by atoms with Crippen molar-refractivity contribution >= 4 is 5.91 Å². The summed E-state index contributed by atoms with van der Waals surface area (Å²) in [6.07, 6.45) is 5.40. The minimum Gasteiger partial charge on any atom is -0.497 e. The predicted molar refractivity (Wildman–Crippen MR) is 102 cm³/mol. The Balaban J connectivity index is 1.59. The van der Waals surface area contributed by atoms with Crippen LogP contribution in [-0.2, 0) is 4.79 Å². The number of amides is 1. The van der Waals surface area contributed by atoms with E-state index >= 15 is 0 Å². The third-order valence-corrected chi connectivity index (χ3v) is 5.01. The first kappa shape index (κ1) is 19.4. The van der Waals surface area contributed by atoms with Crippen molar-refractivity contribution < 1.29 is 14.1 Å². The molecular weight excluding hydrogens is 344 g/mol. The van der Waals surface area contributed by atoms with Crippen LogP contribution in [0.1, 0.15) is 50.3 Å². The fourth-order valence-corrected chi connectivity index (χ4v) is 3.42. The fourth-order valence-electron chi connectivity index (χ4n) is 3.42. The van der Waals surface area contributed by atoms with Crippen molar-refractivity contribution in [1.29, 1.82) is 0 Å². The molecule has 0 saturated carbocycles. The van der Waals surface area contributed by atoms with Gasteiger partial charge in [-0.25, -0.2) is 0 Å². The third-order valence-electron chi connectivity index (χ3n) is 5.01. The van der Waals surface area contributed by atoms with Crippen molar-refractivity contribution in [1.82, 2.24) is 15.0 Å². The number of benzene rings is 1. The summed E-state index contributed by atoms with van der Waals surface area (Å²) < 4.78 is 10.7. The maximum atomic E-state index is 12.4. The number of hydrogen-bond acceptors (Lipinski definition) is 6. The maximum absolute atomic E-state index is 12.4. The van der Waals surface area contributed by atoms with Gasteiger partial charge in [-0.3, -0.25) is 4.79 Å². The SMILES string of the molecule is COc1ccc(-c2noc([C@H]3CCCN(C(=O)CCCCCN)C3)n2)cc1. The number of ether oxygens (including phenoxy) is 1. The smallest absolute Gasteiger partial charge is 0.231 e. The molecule has 0 aliphatic carbocycles. The Bertz CT molecular complexity index is 729. The number of carbonyl (C=O) groups is 1. The standard InChI is InChI=1S/C20H28N4O3/c1-26-17-10-8-15(9-11-17)19-22-20(27-23-19)16-6-5-13-24(14-16)18(25)7-3-2-4-12-21/h8-11,16H,2-7,12-14,21H2,1H3/t16-/m0/s1. The lowest BCUT2D eigenvalue weighted by Gasteiger charge is -2.31. The first-order valence-electron chi connectivity index (χ1n) is 9.67. The highest BCUT2D eigenvalue weighted by molar-refractivity contribution is 5.76. The topological polar surface area (TPSA) is 94.5 Å². The van der Waals surface area contributed by atoms with E-state index in [9.17, 15) is 4.79 Å². The van der Waals surface area contributed by atoms with E-state index in [4.69, 9.17) is 15.0 Å². The number of piperidine rings is 1. The molecule has 3 rings (SSSR count). The Morgan fingerprint density at radius 2 is 2.11 bits per heavy atom. The van der Waals surface area contributed by atoms with Gasteiger partial charge < -0.3 is 19.9 Å². The number of methoxy groups -OCH3 is 1. The lowest BCUT2D eigenvalue weighted by molar-refractivity contribution is -0.132. The van der Waals surface area contributed by atoms with Crippen molar-refractivity contribution in [2.45, 2.75) is 44.4 Å². The lowest BCUT2D eigenvalue weighted by Crippen LogP contribution is -2.39. The Morgan fingerprint density at radius 3 is 2.85 bits per heavy atom. The van der Waals surface area contributed by atoms with Crippen LogP contribution in [0.2, 0.25) is 0 Å². The second-order valence-corrected chi connectivity index (χ2v) is 6.96. The predicted octanol–water partition coefficient (Wildman–Crippen LogP) is 2.97. The van der Waals surface area contributed by atoms with Crippen LogP contribution in [0.4, 0.5) is 0 Å². The van der Waals surface area contributed by atoms with Gasteiger partial charge in [0.05, 0.1) is 13.0 Å². The number of nitrogens with two attached hydrogens (primary N) is 1. The fraction of sp³-hybridized carbons (Fsp3) is 0.550. The van der Waals surface area contributed by atoms with Crippen molar-refractivity contribution in [2.75, 3.05) is 26.7 Å². The van der Waals surface area contributed by atoms with Gasteiger partial charge in [0, 0.05) is 25.1 Å². The van der Waals surface area contributed by atoms with E-state index in [1.165, 1.54) is 0 Å². The molecule has 1 fully saturated rings. The minimum atomic E-state index is 0.103. The van der Waals surface area contributed by atoms with E-state index in [1.54, 1.807) is 7.11 Å². The van der Waals surface area contributed by atoms with Gasteiger partial charge in [0.2, 0.25) is 17.6 Å². The van der Waals surface area contributed by atoms with Gasteiger partial charge in [0.1, 0.15) is 5.75 Å². The number of likely N-dealkylation sites (tertiary alicyclic amines) is 1. The van der Waals surface area contributed by atoms with Crippen LogP contribution in [0.3, 0.4) is 0 Å². The van der Waals surface area contributed by atoms with Crippen LogP contribution in [0, 0.1) is 0 Å². The second kappa shape index (κ2) is 9.50. The molecule has 2 N–H and O–H groups in total. The number of carbonyl (C=O) groups excluding carboxylic acids is 1. The summed E-state index contributed by atoms with van der Waals surface area (Å²) in [5.74, 6) is 2.28. The highest BCUT2D eigenvalue weighted by atomic mass is 16.5. The molecule has 2 aromatic rings. The number of unbranched alkanes of at least 4 members (excludes halogenated alkanes) is 2. The van der Waals surface area contributed by atoms with E-state index in [0.29, 0.717) is 31.2 Å². The van der Waals surface area contributed by atoms with Crippen molar-refractivity contribution in [3.63, 3.8) is 0 Å². The van der Waals surface area contributed by atoms with Gasteiger partial charge in [-0.05, 0) is 56.5 Å². The van der Waals surface area contributed by atoms with Gasteiger partial charge >= 0.3 is 0 Å². The van der Waals surface area contributed by atoms with Crippen LogP contribution in [0.25, 0.3) is 11.4 Å². The van der Waals surface area contributed by atoms with Crippen LogP contribution < -0.4 is 10.5 Å². The zero-order valence-corrected chi connectivity index (χ0v) is 15.9. The summed E-state index contributed by atoms with van der Waals surface area (Å²) in [6, 6.07) is 7.56. The maximum Gasteiger partial charge on any atom is 0.231 e. The van der Waals surface area contributed by atoms with Gasteiger partial charge in [-0.1, -0.05) is 11.6 Å². The Morgan fingerprint density at radius 1 is 1.30 bits per heavy atom. The molecule has 0 bridgehead atoms. The molecule has 1 amide bonds. The lowest BCUT2D eigenvalue weighted by atomic mass is 9.97. The van der Waals surface area contributed by atoms with Gasteiger partial charge in [-0.15, -0.1) is 0 Å². The summed E-state index contributed by atoms with van der Waals surface area (Å²) in [5, 5.41) is 4.11. The molecule has 146 valence electrons. The van der Waals surface area contributed by atoms with Crippen molar-refractivity contribution in [2.24, 2.45) is 5.73 Å². The average molecular weight is 372 g/mol. The molecule has 27 heavy (non-hydrogen) atoms. The molecule has 1 aromatic heterocycles. The average Bonchev–Trinajstić information content (AvgIpc) is 3.21. The molecule has 2 heterocycles. The molecule has 1 aromatic carbocycles. The molecule has 0 radical (unpaired) electrons. The number of aromatic nitrogens is 2. The summed E-state index contributed by atoms with van der Waals surface area (Å²) in [7, 11) is 1.63. The zero-order valence-electron chi connectivity index (χ0n) is 15.9. The molecule has 1 atom stereocenters. The number of hydrogen-bond donors (Lipinski definition) is 1. The molecule has 1 aliphatic rings. The van der Waals surface area contributed by atoms with Crippen LogP contribution in [0.15, 0.2) is 28.8 Å². The minimum absolute atomic E-state index is 0.103. The molecule has 0 unspecified atom stereocenters. The van der Waals surface area contributed by atoms with E-state index in [0.717, 1.165) is 50.0 Å². The van der Waals surface area contributed by atoms with Gasteiger partial charge in [0.25, 0.3) is 0 Å². The summed E-state index contributed by atoms with van der Waals surface area (Å²) in [4.78, 5) is 18.9. The highest BCUT2D eigenvalue weighted by Crippen LogP contribution is 2.28. The Hall–Kier alpha value is -2.41. The largest absolute Gasteiger partial charge is 0.497 e. The van der Waals surface area contributed by atoms with E-state index in [2.05, 4.69) is 10.1 Å². The molecule has 1 aliphatic heterocycles. The summed E-state index contributed by atoms with van der Waals surface area (Å²) >= 11 is 0. The normalized spacial score (nSPS) is 17.1. The second-order valence-electron chi connectivity index (χ2n) is 6.96. The molecule has 7 nitrogen and oxygen atoms in total. The monoisotopic (exact) mass is 372 g/mol. The molecule has 0 spiro atoms. The Labute approximate surface area is 159 Å². The van der Waals surface area contributed by atoms with Crippen molar-refractivity contribution in [3.8, 4) is 17.1 Å². The van der Waals surface area contributed by atoms with Crippen LogP contribution >= 0.6 is 0 Å². The molecule has 1 saturated heterocycles. The Kier molecular flexibility index (Phi) is 6.81. The van der Waals surface area contributed by atoms with Gasteiger partial charge in [0.15, 0.2) is 0 Å². The first-order chi connectivity index (χ1) is 13.2. The first-order valence-corrected chi connectivity index (χ1v) is 9.67. The summed E-state index contributed by atoms with van der Waals surface area (Å²) in [6.45, 7) is 2.15. The van der Waals surface area contributed by atoms with Crippen molar-refractivity contribution in [3.05, 3.63) is 30.2 Å². The number of rotatable bonds is 8. The van der Waals surface area contributed by atoms with E-state index in [1.807, 2.05) is 29.2 Å². The third kappa shape index (κ3) is 5.07. The zero-order chi connectivity index (χ0) is 19.1.